The Labute approximate surface area is 107 Å². The number of primary amides is 1. The average Bonchev–Trinajstić information content (AvgIpc) is 2.40. The fourth-order valence-corrected chi connectivity index (χ4v) is 2.31. The first kappa shape index (κ1) is 12.8. The van der Waals surface area contributed by atoms with E-state index < -0.39 is 0 Å². The number of hydrogen-bond acceptors (Lipinski definition) is 4. The summed E-state index contributed by atoms with van der Waals surface area (Å²) in [6.45, 7) is 2.54. The van der Waals surface area contributed by atoms with Crippen molar-refractivity contribution in [1.29, 1.82) is 0 Å². The molecular weight excluding hydrogens is 228 g/mol. The van der Waals surface area contributed by atoms with Crippen molar-refractivity contribution in [3.05, 3.63) is 23.9 Å². The first-order valence-corrected chi connectivity index (χ1v) is 6.34. The Morgan fingerprint density at radius 1 is 1.50 bits per heavy atom. The highest BCUT2D eigenvalue weighted by atomic mass is 16.1. The molecule has 0 saturated carbocycles. The van der Waals surface area contributed by atoms with Crippen LogP contribution in [0.3, 0.4) is 0 Å². The highest BCUT2D eigenvalue weighted by molar-refractivity contribution is 5.76. The van der Waals surface area contributed by atoms with Crippen LogP contribution in [0.2, 0.25) is 0 Å². The zero-order valence-electron chi connectivity index (χ0n) is 10.7. The van der Waals surface area contributed by atoms with Crippen LogP contribution in [0, 0.1) is 5.92 Å². The van der Waals surface area contributed by atoms with E-state index >= 15 is 0 Å². The van der Waals surface area contributed by atoms with Crippen LogP contribution in [0.15, 0.2) is 18.3 Å². The topological polar surface area (TPSA) is 71.2 Å². The standard InChI is InChI=1S/C13H20N4O/c1-15-8-10-2-3-12(16-9-10)17-6-4-11(5-7-17)13(14)18/h2-3,9,11,15H,4-8H2,1H3,(H2,14,18). The Hall–Kier alpha value is -1.62. The van der Waals surface area contributed by atoms with E-state index in [0.717, 1.165) is 38.3 Å². The number of piperidine rings is 1. The maximum absolute atomic E-state index is 11.1. The lowest BCUT2D eigenvalue weighted by Crippen LogP contribution is -2.38. The molecule has 1 amide bonds. The number of carbonyl (C=O) groups is 1. The molecule has 1 saturated heterocycles. The van der Waals surface area contributed by atoms with Crippen molar-refractivity contribution >= 4 is 11.7 Å². The normalized spacial score (nSPS) is 16.8. The highest BCUT2D eigenvalue weighted by Gasteiger charge is 2.23. The second-order valence-corrected chi connectivity index (χ2v) is 4.72. The Balaban J connectivity index is 1.95. The van der Waals surface area contributed by atoms with Crippen LogP contribution in [0.5, 0.6) is 0 Å². The minimum Gasteiger partial charge on any atom is -0.369 e. The van der Waals surface area contributed by atoms with E-state index in [1.165, 1.54) is 5.56 Å². The molecule has 2 heterocycles. The van der Waals surface area contributed by atoms with E-state index in [1.54, 1.807) is 0 Å². The van der Waals surface area contributed by atoms with Gasteiger partial charge in [0.1, 0.15) is 5.82 Å². The lowest BCUT2D eigenvalue weighted by atomic mass is 9.96. The summed E-state index contributed by atoms with van der Waals surface area (Å²) in [4.78, 5) is 17.8. The van der Waals surface area contributed by atoms with Crippen LogP contribution < -0.4 is 16.0 Å². The third-order valence-electron chi connectivity index (χ3n) is 3.41. The zero-order valence-corrected chi connectivity index (χ0v) is 10.7. The maximum Gasteiger partial charge on any atom is 0.220 e. The van der Waals surface area contributed by atoms with Gasteiger partial charge in [-0.25, -0.2) is 4.98 Å². The fraction of sp³-hybridized carbons (Fsp3) is 0.538. The predicted molar refractivity (Wildman–Crippen MR) is 71.1 cm³/mol. The molecule has 0 bridgehead atoms. The molecule has 1 aliphatic rings. The van der Waals surface area contributed by atoms with Crippen molar-refractivity contribution in [3.8, 4) is 0 Å². The number of hydrogen-bond donors (Lipinski definition) is 2. The molecule has 18 heavy (non-hydrogen) atoms. The quantitative estimate of drug-likeness (QED) is 0.814. The molecule has 0 unspecified atom stereocenters. The molecule has 0 radical (unpaired) electrons. The summed E-state index contributed by atoms with van der Waals surface area (Å²) < 4.78 is 0. The zero-order chi connectivity index (χ0) is 13.0. The van der Waals surface area contributed by atoms with Crippen molar-refractivity contribution in [2.75, 3.05) is 25.0 Å². The van der Waals surface area contributed by atoms with E-state index in [9.17, 15) is 4.79 Å². The van der Waals surface area contributed by atoms with Gasteiger partial charge >= 0.3 is 0 Å². The number of carbonyl (C=O) groups excluding carboxylic acids is 1. The number of amides is 1. The molecule has 0 spiro atoms. The minimum absolute atomic E-state index is 0.0322. The second-order valence-electron chi connectivity index (χ2n) is 4.72. The molecule has 2 rings (SSSR count). The lowest BCUT2D eigenvalue weighted by molar-refractivity contribution is -0.122. The Kier molecular flexibility index (Phi) is 4.15. The first-order chi connectivity index (χ1) is 8.70. The smallest absolute Gasteiger partial charge is 0.220 e. The van der Waals surface area contributed by atoms with Crippen molar-refractivity contribution in [2.24, 2.45) is 11.7 Å². The number of anilines is 1. The Morgan fingerprint density at radius 2 is 2.22 bits per heavy atom. The fourth-order valence-electron chi connectivity index (χ4n) is 2.31. The summed E-state index contributed by atoms with van der Waals surface area (Å²) in [5, 5.41) is 3.10. The lowest BCUT2D eigenvalue weighted by Gasteiger charge is -2.31. The van der Waals surface area contributed by atoms with Crippen molar-refractivity contribution in [1.82, 2.24) is 10.3 Å². The van der Waals surface area contributed by atoms with Crippen LogP contribution in [-0.2, 0) is 11.3 Å². The Morgan fingerprint density at radius 3 is 2.72 bits per heavy atom. The number of pyridine rings is 1. The molecule has 98 valence electrons. The minimum atomic E-state index is -0.174. The Bertz CT molecular complexity index is 396. The van der Waals surface area contributed by atoms with E-state index in [4.69, 9.17) is 5.73 Å². The van der Waals surface area contributed by atoms with E-state index in [0.29, 0.717) is 0 Å². The number of rotatable bonds is 4. The number of nitrogens with two attached hydrogens (primary N) is 1. The van der Waals surface area contributed by atoms with Crippen LogP contribution in [0.4, 0.5) is 5.82 Å². The predicted octanol–water partition coefficient (Wildman–Crippen LogP) is 0.503. The third-order valence-corrected chi connectivity index (χ3v) is 3.41. The molecule has 3 N–H and O–H groups in total. The van der Waals surface area contributed by atoms with Crippen LogP contribution >= 0.6 is 0 Å². The number of nitrogens with zero attached hydrogens (tertiary/aromatic N) is 2. The van der Waals surface area contributed by atoms with E-state index in [2.05, 4.69) is 21.3 Å². The van der Waals surface area contributed by atoms with Crippen molar-refractivity contribution in [3.63, 3.8) is 0 Å². The summed E-state index contributed by atoms with van der Waals surface area (Å²) >= 11 is 0. The largest absolute Gasteiger partial charge is 0.369 e. The second kappa shape index (κ2) is 5.82. The highest BCUT2D eigenvalue weighted by Crippen LogP contribution is 2.21. The molecule has 1 aliphatic heterocycles. The van der Waals surface area contributed by atoms with Gasteiger partial charge in [0, 0.05) is 31.7 Å². The summed E-state index contributed by atoms with van der Waals surface area (Å²) in [5.41, 5.74) is 6.50. The van der Waals surface area contributed by atoms with Gasteiger partial charge in [-0.15, -0.1) is 0 Å². The summed E-state index contributed by atoms with van der Waals surface area (Å²) in [5.74, 6) is 0.842. The van der Waals surface area contributed by atoms with Gasteiger partial charge in [-0.1, -0.05) is 6.07 Å². The van der Waals surface area contributed by atoms with Gasteiger partial charge in [-0.05, 0) is 31.5 Å². The SMILES string of the molecule is CNCc1ccc(N2CCC(C(N)=O)CC2)nc1. The first-order valence-electron chi connectivity index (χ1n) is 6.34. The van der Waals surface area contributed by atoms with Gasteiger partial charge in [0.25, 0.3) is 0 Å². The monoisotopic (exact) mass is 248 g/mol. The van der Waals surface area contributed by atoms with Crippen molar-refractivity contribution < 1.29 is 4.79 Å². The van der Waals surface area contributed by atoms with Crippen LogP contribution in [-0.4, -0.2) is 31.0 Å². The third kappa shape index (κ3) is 2.98. The number of aromatic nitrogens is 1. The maximum atomic E-state index is 11.1. The summed E-state index contributed by atoms with van der Waals surface area (Å²) in [7, 11) is 1.92. The van der Waals surface area contributed by atoms with E-state index in [-0.39, 0.29) is 11.8 Å². The molecule has 5 nitrogen and oxygen atoms in total. The van der Waals surface area contributed by atoms with Gasteiger partial charge in [0.15, 0.2) is 0 Å². The summed E-state index contributed by atoms with van der Waals surface area (Å²) in [6.07, 6.45) is 3.55. The molecule has 1 fully saturated rings. The van der Waals surface area contributed by atoms with Crippen LogP contribution in [0.1, 0.15) is 18.4 Å². The molecule has 5 heteroatoms. The molecule has 0 aliphatic carbocycles. The average molecular weight is 248 g/mol. The molecule has 1 aromatic heterocycles. The van der Waals surface area contributed by atoms with Gasteiger partial charge in [0.05, 0.1) is 0 Å². The van der Waals surface area contributed by atoms with Crippen LogP contribution in [0.25, 0.3) is 0 Å². The van der Waals surface area contributed by atoms with Crippen molar-refractivity contribution in [2.45, 2.75) is 19.4 Å². The summed E-state index contributed by atoms with van der Waals surface area (Å²) in [6, 6.07) is 4.12. The molecular formula is C13H20N4O. The van der Waals surface area contributed by atoms with E-state index in [1.807, 2.05) is 19.3 Å². The van der Waals surface area contributed by atoms with Gasteiger partial charge in [0.2, 0.25) is 5.91 Å². The number of nitrogens with one attached hydrogen (secondary N) is 1. The molecule has 0 aromatic carbocycles. The van der Waals surface area contributed by atoms with Gasteiger partial charge in [-0.2, -0.15) is 0 Å². The van der Waals surface area contributed by atoms with Gasteiger partial charge in [-0.3, -0.25) is 4.79 Å². The molecule has 0 atom stereocenters. The van der Waals surface area contributed by atoms with Gasteiger partial charge < -0.3 is 16.0 Å². The molecule has 1 aromatic rings.